The Hall–Kier alpha value is -2.22. The smallest absolute Gasteiger partial charge is 0.0870 e. The zero-order valence-electron chi connectivity index (χ0n) is 18.8. The molecule has 0 spiro atoms. The summed E-state index contributed by atoms with van der Waals surface area (Å²) in [4.78, 5) is 0. The molecule has 0 aliphatic carbocycles. The molecule has 0 aliphatic heterocycles. The number of hydrogen-bond acceptors (Lipinski definition) is 2. The van der Waals surface area contributed by atoms with E-state index >= 15 is 0 Å². The van der Waals surface area contributed by atoms with Gasteiger partial charge in [-0.05, 0) is 45.9 Å². The number of nitrogens with one attached hydrogen (secondary N) is 2. The normalized spacial score (nSPS) is 11.7. The van der Waals surface area contributed by atoms with Gasteiger partial charge in [-0.2, -0.15) is 0 Å². The van der Waals surface area contributed by atoms with E-state index in [2.05, 4.69) is 67.5 Å². The van der Waals surface area contributed by atoms with Gasteiger partial charge < -0.3 is 0 Å². The van der Waals surface area contributed by atoms with E-state index < -0.39 is 0 Å². The second-order valence-corrected chi connectivity index (χ2v) is 8.99. The van der Waals surface area contributed by atoms with E-state index in [1.54, 1.807) is 0 Å². The van der Waals surface area contributed by atoms with E-state index in [0.29, 0.717) is 35.1 Å². The maximum absolute atomic E-state index is 8.94. The molecule has 2 aromatic carbocycles. The van der Waals surface area contributed by atoms with Crippen LogP contribution in [0.2, 0.25) is 0 Å². The molecule has 0 unspecified atom stereocenters. The molecule has 0 saturated heterocycles. The van der Waals surface area contributed by atoms with E-state index in [9.17, 15) is 0 Å². The molecule has 2 nitrogen and oxygen atoms in total. The quantitative estimate of drug-likeness (QED) is 0.467. The molecule has 0 aromatic heterocycles. The van der Waals surface area contributed by atoms with Crippen LogP contribution in [-0.4, -0.2) is 11.4 Å². The molecule has 0 heterocycles. The predicted octanol–water partition coefficient (Wildman–Crippen LogP) is 7.62. The number of rotatable bonds is 7. The Morgan fingerprint density at radius 3 is 1.11 bits per heavy atom. The number of benzene rings is 2. The van der Waals surface area contributed by atoms with Crippen molar-refractivity contribution in [1.82, 2.24) is 0 Å². The van der Waals surface area contributed by atoms with Crippen molar-refractivity contribution in [2.24, 2.45) is 0 Å². The Bertz CT molecular complexity index is 796. The van der Waals surface area contributed by atoms with Crippen LogP contribution in [0.3, 0.4) is 0 Å². The molecule has 0 bridgehead atoms. The highest BCUT2D eigenvalue weighted by Gasteiger charge is 2.23. The van der Waals surface area contributed by atoms with Crippen LogP contribution in [0.4, 0.5) is 0 Å². The van der Waals surface area contributed by atoms with Gasteiger partial charge in [0.15, 0.2) is 0 Å². The highest BCUT2D eigenvalue weighted by molar-refractivity contribution is 6.52. The van der Waals surface area contributed by atoms with Crippen molar-refractivity contribution in [2.45, 2.75) is 79.1 Å². The molecule has 2 aromatic rings. The first kappa shape index (κ1) is 22.1. The van der Waals surface area contributed by atoms with Crippen molar-refractivity contribution in [3.05, 3.63) is 69.8 Å². The van der Waals surface area contributed by atoms with E-state index in [-0.39, 0.29) is 0 Å². The van der Waals surface area contributed by atoms with E-state index in [1.807, 2.05) is 24.3 Å². The molecule has 28 heavy (non-hydrogen) atoms. The Morgan fingerprint density at radius 1 is 0.536 bits per heavy atom. The average molecular weight is 377 g/mol. The summed E-state index contributed by atoms with van der Waals surface area (Å²) >= 11 is 0. The molecule has 0 aliphatic rings. The van der Waals surface area contributed by atoms with Crippen LogP contribution in [0.25, 0.3) is 0 Å². The zero-order valence-corrected chi connectivity index (χ0v) is 18.8. The summed E-state index contributed by atoms with van der Waals surface area (Å²) in [7, 11) is 0. The van der Waals surface area contributed by atoms with Crippen molar-refractivity contribution in [3.63, 3.8) is 0 Å². The SMILES string of the molecule is CC(C)c1cccc(C(=N)C(=N)c2cccc(C(C)C)c2C(C)C)c1C(C)C. The lowest BCUT2D eigenvalue weighted by molar-refractivity contribution is 0.787. The summed E-state index contributed by atoms with van der Waals surface area (Å²) < 4.78 is 0. The monoisotopic (exact) mass is 376 g/mol. The third kappa shape index (κ3) is 4.27. The lowest BCUT2D eigenvalue weighted by Gasteiger charge is -2.23. The van der Waals surface area contributed by atoms with Crippen molar-refractivity contribution in [1.29, 1.82) is 10.8 Å². The van der Waals surface area contributed by atoms with Gasteiger partial charge >= 0.3 is 0 Å². The summed E-state index contributed by atoms with van der Waals surface area (Å²) in [5, 5.41) is 17.9. The molecule has 0 atom stereocenters. The van der Waals surface area contributed by atoms with Crippen LogP contribution in [-0.2, 0) is 0 Å². The van der Waals surface area contributed by atoms with Crippen LogP contribution in [0.5, 0.6) is 0 Å². The van der Waals surface area contributed by atoms with Crippen LogP contribution in [0.1, 0.15) is 112 Å². The van der Waals surface area contributed by atoms with Crippen LogP contribution in [0, 0.1) is 10.8 Å². The molecule has 2 heteroatoms. The van der Waals surface area contributed by atoms with Crippen molar-refractivity contribution in [2.75, 3.05) is 0 Å². The summed E-state index contributed by atoms with van der Waals surface area (Å²) in [6, 6.07) is 12.4. The van der Waals surface area contributed by atoms with E-state index in [0.717, 1.165) is 11.1 Å². The highest BCUT2D eigenvalue weighted by Crippen LogP contribution is 2.33. The Labute approximate surface area is 171 Å². The fourth-order valence-electron chi connectivity index (χ4n) is 4.17. The molecule has 2 N–H and O–H groups in total. The second-order valence-electron chi connectivity index (χ2n) is 8.99. The van der Waals surface area contributed by atoms with Crippen LogP contribution < -0.4 is 0 Å². The van der Waals surface area contributed by atoms with Gasteiger partial charge in [-0.25, -0.2) is 0 Å². The maximum atomic E-state index is 8.94. The molecule has 150 valence electrons. The first-order chi connectivity index (χ1) is 13.1. The maximum Gasteiger partial charge on any atom is 0.0870 e. The third-order valence-corrected chi connectivity index (χ3v) is 5.47. The van der Waals surface area contributed by atoms with Crippen molar-refractivity contribution in [3.8, 4) is 0 Å². The molecule has 0 saturated carbocycles. The predicted molar refractivity (Wildman–Crippen MR) is 123 cm³/mol. The standard InChI is InChI=1S/C26H36N2/c1-15(2)19-11-9-13-21(23(19)17(5)6)25(27)26(28)22-14-10-12-20(16(3)4)24(22)18(7)8/h9-18,27-28H,1-8H3. The fourth-order valence-corrected chi connectivity index (χ4v) is 4.17. The topological polar surface area (TPSA) is 47.7 Å². The van der Waals surface area contributed by atoms with Gasteiger partial charge in [0, 0.05) is 11.1 Å². The molecular weight excluding hydrogens is 340 g/mol. The summed E-state index contributed by atoms with van der Waals surface area (Å²) in [5.74, 6) is 1.42. The van der Waals surface area contributed by atoms with Gasteiger partial charge in [0.05, 0.1) is 11.4 Å². The second kappa shape index (κ2) is 8.86. The molecular formula is C26H36N2. The van der Waals surface area contributed by atoms with E-state index in [1.165, 1.54) is 22.3 Å². The van der Waals surface area contributed by atoms with E-state index in [4.69, 9.17) is 10.8 Å². The lowest BCUT2D eigenvalue weighted by Crippen LogP contribution is -2.21. The first-order valence-corrected chi connectivity index (χ1v) is 10.5. The lowest BCUT2D eigenvalue weighted by atomic mass is 9.81. The van der Waals surface area contributed by atoms with Gasteiger partial charge in [0.1, 0.15) is 0 Å². The molecule has 0 amide bonds. The Balaban J connectivity index is 2.63. The average Bonchev–Trinajstić information content (AvgIpc) is 2.65. The molecule has 2 rings (SSSR count). The minimum absolute atomic E-state index is 0.313. The number of hydrogen-bond donors (Lipinski definition) is 2. The zero-order chi connectivity index (χ0) is 21.2. The largest absolute Gasteiger partial charge is 0.298 e. The van der Waals surface area contributed by atoms with Crippen molar-refractivity contribution < 1.29 is 0 Å². The Kier molecular flexibility index (Phi) is 6.98. The Morgan fingerprint density at radius 2 is 0.857 bits per heavy atom. The summed E-state index contributed by atoms with van der Waals surface area (Å²) in [5.41, 5.74) is 7.43. The van der Waals surface area contributed by atoms with Gasteiger partial charge in [0.2, 0.25) is 0 Å². The minimum Gasteiger partial charge on any atom is -0.298 e. The van der Waals surface area contributed by atoms with Crippen LogP contribution in [0.15, 0.2) is 36.4 Å². The molecule has 0 radical (unpaired) electrons. The fraction of sp³-hybridized carbons (Fsp3) is 0.462. The van der Waals surface area contributed by atoms with Crippen molar-refractivity contribution >= 4 is 11.4 Å². The first-order valence-electron chi connectivity index (χ1n) is 10.5. The van der Waals surface area contributed by atoms with Crippen LogP contribution >= 0.6 is 0 Å². The highest BCUT2D eigenvalue weighted by atomic mass is 14.5. The molecule has 0 fully saturated rings. The summed E-state index contributed by atoms with van der Waals surface area (Å²) in [6.45, 7) is 17.5. The van der Waals surface area contributed by atoms with Gasteiger partial charge in [-0.3, -0.25) is 10.8 Å². The minimum atomic E-state index is 0.313. The van der Waals surface area contributed by atoms with Gasteiger partial charge in [0.25, 0.3) is 0 Å². The third-order valence-electron chi connectivity index (χ3n) is 5.47. The van der Waals surface area contributed by atoms with Gasteiger partial charge in [-0.15, -0.1) is 0 Å². The summed E-state index contributed by atoms with van der Waals surface area (Å²) in [6.07, 6.45) is 0. The van der Waals surface area contributed by atoms with Gasteiger partial charge in [-0.1, -0.05) is 91.8 Å².